The third-order valence-corrected chi connectivity index (χ3v) is 6.54. The van der Waals surface area contributed by atoms with Gasteiger partial charge in [0.15, 0.2) is 23.4 Å². The van der Waals surface area contributed by atoms with E-state index in [0.29, 0.717) is 18.5 Å². The lowest BCUT2D eigenvalue weighted by Gasteiger charge is -2.60. The molecule has 0 bridgehead atoms. The molecule has 130 valence electrons. The van der Waals surface area contributed by atoms with E-state index in [9.17, 15) is 20.1 Å². The second-order valence-corrected chi connectivity index (χ2v) is 7.49. The van der Waals surface area contributed by atoms with Gasteiger partial charge in [-0.2, -0.15) is 0 Å². The van der Waals surface area contributed by atoms with Crippen molar-refractivity contribution in [2.75, 3.05) is 13.6 Å². The quantitative estimate of drug-likeness (QED) is 0.640. The average Bonchev–Trinajstić information content (AvgIpc) is 2.90. The summed E-state index contributed by atoms with van der Waals surface area (Å²) in [5.74, 6) is 0.0205. The fourth-order valence-electron chi connectivity index (χ4n) is 5.18. The number of carbonyl (C=O) groups excluding carboxylic acids is 1. The molecule has 0 amide bonds. The predicted molar refractivity (Wildman–Crippen MR) is 86.2 cm³/mol. The Kier molecular flexibility index (Phi) is 3.12. The number of hydrogen-bond donors (Lipinski definition) is 3. The maximum Gasteiger partial charge on any atom is 0.177 e. The van der Waals surface area contributed by atoms with Crippen LogP contribution in [0.25, 0.3) is 0 Å². The van der Waals surface area contributed by atoms with E-state index in [4.69, 9.17) is 4.74 Å². The normalized spacial score (nSPS) is 41.4. The second-order valence-electron chi connectivity index (χ2n) is 7.49. The molecule has 2 heterocycles. The van der Waals surface area contributed by atoms with Crippen LogP contribution in [0.1, 0.15) is 30.9 Å². The van der Waals surface area contributed by atoms with E-state index in [1.54, 1.807) is 12.1 Å². The topological polar surface area (TPSA) is 90.2 Å². The highest BCUT2D eigenvalue weighted by Crippen LogP contribution is 2.61. The number of piperidine rings is 1. The van der Waals surface area contributed by atoms with Gasteiger partial charge in [-0.15, -0.1) is 0 Å². The molecule has 2 fully saturated rings. The number of nitrogens with zero attached hydrogens (tertiary/aromatic N) is 1. The lowest BCUT2D eigenvalue weighted by atomic mass is 9.51. The minimum Gasteiger partial charge on any atom is -0.504 e. The minimum absolute atomic E-state index is 0.0319. The van der Waals surface area contributed by atoms with Crippen molar-refractivity contribution in [3.05, 3.63) is 23.3 Å². The predicted octanol–water partition coefficient (Wildman–Crippen LogP) is 0.488. The lowest BCUT2D eigenvalue weighted by Crippen LogP contribution is -2.78. The summed E-state index contributed by atoms with van der Waals surface area (Å²) in [6, 6.07) is 2.96. The molecule has 4 rings (SSSR count). The van der Waals surface area contributed by atoms with Crippen molar-refractivity contribution in [2.45, 2.75) is 56.0 Å². The smallest absolute Gasteiger partial charge is 0.177 e. The minimum atomic E-state index is -1.53. The third-order valence-electron chi connectivity index (χ3n) is 6.54. The first-order valence-corrected chi connectivity index (χ1v) is 8.38. The van der Waals surface area contributed by atoms with Crippen molar-refractivity contribution in [3.8, 4) is 11.5 Å². The molecule has 1 spiro atoms. The number of fused-ring (bicyclic) bond motifs is 1. The molecule has 1 saturated heterocycles. The zero-order valence-corrected chi connectivity index (χ0v) is 14.1. The van der Waals surface area contributed by atoms with Crippen LogP contribution < -0.4 is 4.74 Å². The van der Waals surface area contributed by atoms with Gasteiger partial charge in [0, 0.05) is 18.0 Å². The third kappa shape index (κ3) is 1.54. The van der Waals surface area contributed by atoms with Crippen LogP contribution in [0.5, 0.6) is 11.5 Å². The van der Waals surface area contributed by atoms with Gasteiger partial charge in [-0.1, -0.05) is 6.07 Å². The number of rotatable bonds is 0. The lowest BCUT2D eigenvalue weighted by molar-refractivity contribution is -0.219. The van der Waals surface area contributed by atoms with Crippen molar-refractivity contribution >= 4 is 5.78 Å². The SMILES string of the molecule is Cc1ccc(O)c2c1C13CCN(C)C(C)C1(O)C(O)CC(=O)C3O2. The van der Waals surface area contributed by atoms with Crippen molar-refractivity contribution in [2.24, 2.45) is 0 Å². The maximum absolute atomic E-state index is 12.7. The van der Waals surface area contributed by atoms with E-state index < -0.39 is 23.2 Å². The monoisotopic (exact) mass is 333 g/mol. The molecule has 2 aliphatic heterocycles. The molecule has 1 aromatic carbocycles. The molecule has 1 aliphatic carbocycles. The van der Waals surface area contributed by atoms with E-state index in [-0.39, 0.29) is 29.7 Å². The summed E-state index contributed by atoms with van der Waals surface area (Å²) >= 11 is 0. The van der Waals surface area contributed by atoms with E-state index in [0.717, 1.165) is 5.56 Å². The highest BCUT2D eigenvalue weighted by molar-refractivity contribution is 5.90. The molecule has 6 nitrogen and oxygen atoms in total. The van der Waals surface area contributed by atoms with Gasteiger partial charge >= 0.3 is 0 Å². The van der Waals surface area contributed by atoms with Crippen LogP contribution in [0, 0.1) is 6.92 Å². The Labute approximate surface area is 140 Å². The number of aryl methyl sites for hydroxylation is 1. The molecular weight excluding hydrogens is 310 g/mol. The van der Waals surface area contributed by atoms with E-state index in [1.807, 2.05) is 25.8 Å². The van der Waals surface area contributed by atoms with Gasteiger partial charge in [0.2, 0.25) is 0 Å². The van der Waals surface area contributed by atoms with Crippen LogP contribution in [0.4, 0.5) is 0 Å². The number of phenols is 1. The number of aliphatic hydroxyl groups is 2. The summed E-state index contributed by atoms with van der Waals surface area (Å²) < 4.78 is 5.90. The summed E-state index contributed by atoms with van der Waals surface area (Å²) in [5.41, 5.74) is -1.04. The van der Waals surface area contributed by atoms with Crippen LogP contribution in [0.2, 0.25) is 0 Å². The van der Waals surface area contributed by atoms with Crippen molar-refractivity contribution in [3.63, 3.8) is 0 Å². The summed E-state index contributed by atoms with van der Waals surface area (Å²) in [5, 5.41) is 32.7. The van der Waals surface area contributed by atoms with Gasteiger partial charge in [-0.25, -0.2) is 0 Å². The number of likely N-dealkylation sites (tertiary alicyclic amines) is 1. The molecular formula is C18H23NO5. The summed E-state index contributed by atoms with van der Waals surface area (Å²) in [6.45, 7) is 4.42. The van der Waals surface area contributed by atoms with Crippen molar-refractivity contribution in [1.29, 1.82) is 0 Å². The molecule has 6 heteroatoms. The fourth-order valence-corrected chi connectivity index (χ4v) is 5.18. The van der Waals surface area contributed by atoms with Gasteiger partial charge in [-0.3, -0.25) is 4.79 Å². The second kappa shape index (κ2) is 4.71. The Morgan fingerprint density at radius 2 is 2.08 bits per heavy atom. The Morgan fingerprint density at radius 3 is 2.79 bits per heavy atom. The first-order valence-electron chi connectivity index (χ1n) is 8.38. The average molecular weight is 333 g/mol. The van der Waals surface area contributed by atoms with Crippen LogP contribution >= 0.6 is 0 Å². The van der Waals surface area contributed by atoms with Crippen molar-refractivity contribution in [1.82, 2.24) is 4.90 Å². The van der Waals surface area contributed by atoms with E-state index in [2.05, 4.69) is 0 Å². The van der Waals surface area contributed by atoms with E-state index in [1.165, 1.54) is 0 Å². The number of phenolic OH excluding ortho intramolecular Hbond substituents is 1. The molecule has 3 aliphatic rings. The standard InChI is InChI=1S/C18H23NO5/c1-9-4-5-11(20)15-14(9)17-6-7-19(3)10(2)18(17,23)13(22)8-12(21)16(17)24-15/h4-5,10,13,16,20,22-23H,6-8H2,1-3H3. The fraction of sp³-hybridized carbons (Fsp3) is 0.611. The molecule has 24 heavy (non-hydrogen) atoms. The maximum atomic E-state index is 12.7. The Hall–Kier alpha value is -1.63. The highest BCUT2D eigenvalue weighted by atomic mass is 16.5. The van der Waals surface area contributed by atoms with Gasteiger partial charge < -0.3 is 25.0 Å². The molecule has 5 unspecified atom stereocenters. The molecule has 0 radical (unpaired) electrons. The summed E-state index contributed by atoms with van der Waals surface area (Å²) in [4.78, 5) is 14.7. The molecule has 5 atom stereocenters. The number of benzene rings is 1. The molecule has 0 aromatic heterocycles. The molecule has 3 N–H and O–H groups in total. The molecule has 1 saturated carbocycles. The number of Topliss-reactive ketones (excluding diaryl/α,β-unsaturated/α-hetero) is 1. The van der Waals surface area contributed by atoms with Gasteiger partial charge in [-0.05, 0) is 45.5 Å². The van der Waals surface area contributed by atoms with Gasteiger partial charge in [0.05, 0.1) is 11.5 Å². The first kappa shape index (κ1) is 15.9. The summed E-state index contributed by atoms with van der Waals surface area (Å²) in [6.07, 6.45) is -1.70. The first-order chi connectivity index (χ1) is 11.2. The number of ketones is 1. The van der Waals surface area contributed by atoms with Crippen LogP contribution in [-0.4, -0.2) is 63.4 Å². The Bertz CT molecular complexity index is 734. The van der Waals surface area contributed by atoms with Crippen molar-refractivity contribution < 1.29 is 24.9 Å². The number of aromatic hydroxyl groups is 1. The van der Waals surface area contributed by atoms with Gasteiger partial charge in [0.1, 0.15) is 5.60 Å². The Balaban J connectivity index is 2.05. The van der Waals surface area contributed by atoms with Crippen LogP contribution in [-0.2, 0) is 10.2 Å². The zero-order chi connectivity index (χ0) is 17.4. The van der Waals surface area contributed by atoms with Crippen LogP contribution in [0.3, 0.4) is 0 Å². The number of carbonyl (C=O) groups is 1. The number of ether oxygens (including phenoxy) is 1. The highest BCUT2D eigenvalue weighted by Gasteiger charge is 2.73. The molecule has 1 aromatic rings. The number of hydrogen-bond acceptors (Lipinski definition) is 6. The largest absolute Gasteiger partial charge is 0.504 e. The zero-order valence-electron chi connectivity index (χ0n) is 14.1. The van der Waals surface area contributed by atoms with Crippen LogP contribution in [0.15, 0.2) is 12.1 Å². The van der Waals surface area contributed by atoms with Gasteiger partial charge in [0.25, 0.3) is 0 Å². The number of likely N-dealkylation sites (N-methyl/N-ethyl adjacent to an activating group) is 1. The number of aliphatic hydroxyl groups excluding tert-OH is 1. The Morgan fingerprint density at radius 1 is 1.38 bits per heavy atom. The summed E-state index contributed by atoms with van der Waals surface area (Å²) in [7, 11) is 1.90. The van der Waals surface area contributed by atoms with E-state index >= 15 is 0 Å².